The van der Waals surface area contributed by atoms with E-state index in [0.29, 0.717) is 0 Å². The molecular weight excluding hydrogens is 292 g/mol. The summed E-state index contributed by atoms with van der Waals surface area (Å²) in [6, 6.07) is 9.52. The van der Waals surface area contributed by atoms with Crippen molar-refractivity contribution in [3.63, 3.8) is 0 Å². The molecule has 0 saturated carbocycles. The molecule has 0 aliphatic carbocycles. The third-order valence-electron chi connectivity index (χ3n) is 2.41. The van der Waals surface area contributed by atoms with E-state index in [4.69, 9.17) is 10.00 Å². The van der Waals surface area contributed by atoms with Crippen molar-refractivity contribution in [1.29, 1.82) is 5.26 Å². The fraction of sp³-hybridized carbons (Fsp3) is 0.286. The number of hydrogen-bond donors (Lipinski definition) is 1. The molecule has 0 aliphatic rings. The number of rotatable bonds is 6. The van der Waals surface area contributed by atoms with E-state index < -0.39 is 28.1 Å². The lowest BCUT2D eigenvalue weighted by Gasteiger charge is -2.12. The zero-order valence-corrected chi connectivity index (χ0v) is 12.5. The molecule has 7 heteroatoms. The summed E-state index contributed by atoms with van der Waals surface area (Å²) in [6.07, 6.45) is 0.488. The van der Waals surface area contributed by atoms with E-state index in [1.54, 1.807) is 30.3 Å². The van der Waals surface area contributed by atoms with E-state index in [2.05, 4.69) is 4.72 Å². The largest absolute Gasteiger partial charge is 0.446 e. The SMILES string of the molecule is C[C@H](NS(=O)(=O)/C=C/c1ccccc1)C(=O)O[C@@H](C)C#N. The Kier molecular flexibility index (Phi) is 6.09. The predicted octanol–water partition coefficient (Wildman–Crippen LogP) is 1.42. The zero-order valence-electron chi connectivity index (χ0n) is 11.7. The van der Waals surface area contributed by atoms with E-state index in [0.717, 1.165) is 11.0 Å². The number of ether oxygens (including phenoxy) is 1. The average molecular weight is 308 g/mol. The molecule has 0 aliphatic heterocycles. The molecule has 0 spiro atoms. The number of sulfonamides is 1. The highest BCUT2D eigenvalue weighted by Gasteiger charge is 2.21. The minimum Gasteiger partial charge on any atom is -0.446 e. The van der Waals surface area contributed by atoms with Gasteiger partial charge in [-0.25, -0.2) is 8.42 Å². The van der Waals surface area contributed by atoms with Gasteiger partial charge in [-0.2, -0.15) is 9.98 Å². The summed E-state index contributed by atoms with van der Waals surface area (Å²) in [5.74, 6) is -0.805. The van der Waals surface area contributed by atoms with Crippen LogP contribution in [0.4, 0.5) is 0 Å². The first-order chi connectivity index (χ1) is 9.84. The minimum absolute atomic E-state index is 0.719. The van der Waals surface area contributed by atoms with Gasteiger partial charge in [-0.3, -0.25) is 4.79 Å². The van der Waals surface area contributed by atoms with Crippen LogP contribution in [-0.2, 0) is 19.6 Å². The molecule has 1 aromatic rings. The lowest BCUT2D eigenvalue weighted by Crippen LogP contribution is -2.39. The van der Waals surface area contributed by atoms with Gasteiger partial charge in [0.1, 0.15) is 12.1 Å². The van der Waals surface area contributed by atoms with Crippen molar-refractivity contribution in [3.05, 3.63) is 41.3 Å². The van der Waals surface area contributed by atoms with Crippen molar-refractivity contribution in [1.82, 2.24) is 4.72 Å². The molecule has 0 fully saturated rings. The summed E-state index contributed by atoms with van der Waals surface area (Å²) < 4.78 is 30.5. The molecule has 0 saturated heterocycles. The maximum Gasteiger partial charge on any atom is 0.325 e. The summed E-state index contributed by atoms with van der Waals surface area (Å²) in [5.41, 5.74) is 0.719. The smallest absolute Gasteiger partial charge is 0.325 e. The molecule has 1 aromatic carbocycles. The third-order valence-corrected chi connectivity index (χ3v) is 3.59. The molecule has 112 valence electrons. The second-order valence-electron chi connectivity index (χ2n) is 4.31. The highest BCUT2D eigenvalue weighted by atomic mass is 32.2. The molecular formula is C14H16N2O4S. The Labute approximate surface area is 124 Å². The average Bonchev–Trinajstić information content (AvgIpc) is 2.45. The van der Waals surface area contributed by atoms with Crippen molar-refractivity contribution >= 4 is 22.1 Å². The van der Waals surface area contributed by atoms with E-state index in [1.807, 2.05) is 6.07 Å². The number of nitrogens with one attached hydrogen (secondary N) is 1. The van der Waals surface area contributed by atoms with Crippen LogP contribution < -0.4 is 4.72 Å². The molecule has 0 bridgehead atoms. The van der Waals surface area contributed by atoms with Crippen LogP contribution in [0.3, 0.4) is 0 Å². The summed E-state index contributed by atoms with van der Waals surface area (Å²) in [4.78, 5) is 11.5. The fourth-order valence-electron chi connectivity index (χ4n) is 1.37. The molecule has 0 radical (unpaired) electrons. The quantitative estimate of drug-likeness (QED) is 0.802. The molecule has 0 unspecified atom stereocenters. The van der Waals surface area contributed by atoms with Gasteiger partial charge in [0.05, 0.1) is 0 Å². The first-order valence-electron chi connectivity index (χ1n) is 6.19. The maximum atomic E-state index is 11.8. The van der Waals surface area contributed by atoms with Gasteiger partial charge in [0.25, 0.3) is 0 Å². The lowest BCUT2D eigenvalue weighted by molar-refractivity contribution is -0.147. The molecule has 1 rings (SSSR count). The molecule has 0 heterocycles. The summed E-state index contributed by atoms with van der Waals surface area (Å²) in [7, 11) is -3.78. The maximum absolute atomic E-state index is 11.8. The molecule has 21 heavy (non-hydrogen) atoms. The summed E-state index contributed by atoms with van der Waals surface area (Å²) >= 11 is 0. The van der Waals surface area contributed by atoms with Crippen LogP contribution in [0.1, 0.15) is 19.4 Å². The number of nitriles is 1. The normalized spacial score (nSPS) is 14.3. The van der Waals surface area contributed by atoms with Crippen molar-refractivity contribution in [2.75, 3.05) is 0 Å². The number of benzene rings is 1. The highest BCUT2D eigenvalue weighted by Crippen LogP contribution is 2.04. The Bertz CT molecular complexity index is 647. The van der Waals surface area contributed by atoms with Gasteiger partial charge in [0.15, 0.2) is 6.10 Å². The van der Waals surface area contributed by atoms with Crippen LogP contribution in [0.25, 0.3) is 6.08 Å². The Hall–Kier alpha value is -2.17. The van der Waals surface area contributed by atoms with Crippen LogP contribution in [0.5, 0.6) is 0 Å². The van der Waals surface area contributed by atoms with Crippen molar-refractivity contribution in [2.24, 2.45) is 0 Å². The molecule has 1 N–H and O–H groups in total. The van der Waals surface area contributed by atoms with Crippen LogP contribution in [0.15, 0.2) is 35.7 Å². The fourth-order valence-corrected chi connectivity index (χ4v) is 2.37. The Morgan fingerprint density at radius 1 is 1.33 bits per heavy atom. The van der Waals surface area contributed by atoms with Crippen LogP contribution in [0.2, 0.25) is 0 Å². The van der Waals surface area contributed by atoms with Gasteiger partial charge < -0.3 is 4.74 Å². The first-order valence-corrected chi connectivity index (χ1v) is 7.74. The minimum atomic E-state index is -3.78. The van der Waals surface area contributed by atoms with Crippen LogP contribution in [-0.4, -0.2) is 26.5 Å². The Balaban J connectivity index is 2.66. The summed E-state index contributed by atoms with van der Waals surface area (Å²) in [5, 5.41) is 9.50. The second-order valence-corrected chi connectivity index (χ2v) is 5.90. The highest BCUT2D eigenvalue weighted by molar-refractivity contribution is 7.92. The first kappa shape index (κ1) is 16.9. The number of carbonyl (C=O) groups excluding carboxylic acids is 1. The van der Waals surface area contributed by atoms with Gasteiger partial charge in [-0.05, 0) is 25.5 Å². The third kappa shape index (κ3) is 6.21. The van der Waals surface area contributed by atoms with Gasteiger partial charge in [0.2, 0.25) is 10.0 Å². The number of nitrogens with zero attached hydrogens (tertiary/aromatic N) is 1. The molecule has 2 atom stereocenters. The van der Waals surface area contributed by atoms with Crippen LogP contribution >= 0.6 is 0 Å². The van der Waals surface area contributed by atoms with Crippen molar-refractivity contribution < 1.29 is 17.9 Å². The number of esters is 1. The molecule has 0 aromatic heterocycles. The van der Waals surface area contributed by atoms with E-state index in [9.17, 15) is 13.2 Å². The van der Waals surface area contributed by atoms with Gasteiger partial charge in [0, 0.05) is 5.41 Å². The van der Waals surface area contributed by atoms with Gasteiger partial charge in [-0.15, -0.1) is 0 Å². The van der Waals surface area contributed by atoms with Gasteiger partial charge >= 0.3 is 5.97 Å². The van der Waals surface area contributed by atoms with E-state index in [-0.39, 0.29) is 0 Å². The monoisotopic (exact) mass is 308 g/mol. The molecule has 0 amide bonds. The number of hydrogen-bond acceptors (Lipinski definition) is 5. The lowest BCUT2D eigenvalue weighted by atomic mass is 10.2. The second kappa shape index (κ2) is 7.57. The zero-order chi connectivity index (χ0) is 15.9. The van der Waals surface area contributed by atoms with Crippen molar-refractivity contribution in [2.45, 2.75) is 26.0 Å². The van der Waals surface area contributed by atoms with E-state index in [1.165, 1.54) is 19.9 Å². The Morgan fingerprint density at radius 3 is 2.52 bits per heavy atom. The Morgan fingerprint density at radius 2 is 1.95 bits per heavy atom. The van der Waals surface area contributed by atoms with E-state index >= 15 is 0 Å². The van der Waals surface area contributed by atoms with Gasteiger partial charge in [-0.1, -0.05) is 30.3 Å². The molecule has 6 nitrogen and oxygen atoms in total. The summed E-state index contributed by atoms with van der Waals surface area (Å²) in [6.45, 7) is 2.74. The standard InChI is InChI=1S/C14H16N2O4S/c1-11(10-15)20-14(17)12(2)16-21(18,19)9-8-13-6-4-3-5-7-13/h3-9,11-12,16H,1-2H3/b9-8+/t11-,12-/m0/s1. The van der Waals surface area contributed by atoms with Crippen LogP contribution in [0, 0.1) is 11.3 Å². The number of carbonyl (C=O) groups is 1. The topological polar surface area (TPSA) is 96.3 Å². The predicted molar refractivity (Wildman–Crippen MR) is 78.2 cm³/mol. The van der Waals surface area contributed by atoms with Crippen molar-refractivity contribution in [3.8, 4) is 6.07 Å².